The van der Waals surface area contributed by atoms with E-state index in [1.54, 1.807) is 6.21 Å². The van der Waals surface area contributed by atoms with Crippen LogP contribution in [0.1, 0.15) is 52.0 Å². The Morgan fingerprint density at radius 2 is 2.04 bits per heavy atom. The molecule has 1 N–H and O–H groups in total. The average Bonchev–Trinajstić information content (AvgIpc) is 3.16. The number of rotatable bonds is 5. The highest BCUT2D eigenvalue weighted by atomic mass is 127. The summed E-state index contributed by atoms with van der Waals surface area (Å²) < 4.78 is 7.94. The van der Waals surface area contributed by atoms with Gasteiger partial charge in [-0.3, -0.25) is 4.79 Å². The van der Waals surface area contributed by atoms with Crippen LogP contribution in [0.4, 0.5) is 0 Å². The molecule has 6 heteroatoms. The van der Waals surface area contributed by atoms with Crippen molar-refractivity contribution in [3.05, 3.63) is 24.8 Å². The number of nitrogens with one attached hydrogen (secondary N) is 1. The number of hydrazone groups is 1. The van der Waals surface area contributed by atoms with Gasteiger partial charge in [-0.25, -0.2) is 5.43 Å². The molecular formula is C19H24I2N2O2. The Morgan fingerprint density at radius 1 is 1.36 bits per heavy atom. The fraction of sp³-hybridized carbons (Fsp3) is 0.579. The van der Waals surface area contributed by atoms with Gasteiger partial charge in [-0.2, -0.15) is 5.10 Å². The summed E-state index contributed by atoms with van der Waals surface area (Å²) in [5.74, 6) is 1.70. The van der Waals surface area contributed by atoms with Crippen LogP contribution in [0.2, 0.25) is 0 Å². The maximum Gasteiger partial charge on any atom is 0.244 e. The Morgan fingerprint density at radius 3 is 2.60 bits per heavy atom. The van der Waals surface area contributed by atoms with Gasteiger partial charge >= 0.3 is 0 Å². The van der Waals surface area contributed by atoms with E-state index in [9.17, 15) is 4.79 Å². The summed E-state index contributed by atoms with van der Waals surface area (Å²) in [6.07, 6.45) is 6.73. The van der Waals surface area contributed by atoms with E-state index >= 15 is 0 Å². The molecule has 4 nitrogen and oxygen atoms in total. The summed E-state index contributed by atoms with van der Waals surface area (Å²) in [7, 11) is 0. The molecule has 0 radical (unpaired) electrons. The minimum absolute atomic E-state index is 0.0785. The topological polar surface area (TPSA) is 50.7 Å². The molecule has 0 spiro atoms. The molecule has 0 unspecified atom stereocenters. The zero-order valence-electron chi connectivity index (χ0n) is 14.8. The molecule has 0 aliphatic heterocycles. The highest BCUT2D eigenvalue weighted by Crippen LogP contribution is 2.66. The number of fused-ring (bicyclic) bond motifs is 1. The van der Waals surface area contributed by atoms with E-state index in [2.05, 4.69) is 62.6 Å². The largest absolute Gasteiger partial charge is 0.489 e. The second-order valence-corrected chi connectivity index (χ2v) is 9.87. The molecule has 2 aliphatic rings. The van der Waals surface area contributed by atoms with Crippen LogP contribution in [0, 0.1) is 24.4 Å². The highest BCUT2D eigenvalue weighted by molar-refractivity contribution is 14.1. The smallest absolute Gasteiger partial charge is 0.244 e. The monoisotopic (exact) mass is 566 g/mol. The van der Waals surface area contributed by atoms with Crippen molar-refractivity contribution in [2.75, 3.05) is 0 Å². The van der Waals surface area contributed by atoms with Crippen molar-refractivity contribution in [2.24, 2.45) is 22.4 Å². The summed E-state index contributed by atoms with van der Waals surface area (Å²) in [5, 5.41) is 4.19. The van der Waals surface area contributed by atoms with Crippen molar-refractivity contribution >= 4 is 57.3 Å². The third kappa shape index (κ3) is 4.14. The molecule has 3 rings (SSSR count). The predicted molar refractivity (Wildman–Crippen MR) is 117 cm³/mol. The quantitative estimate of drug-likeness (QED) is 0.312. The summed E-state index contributed by atoms with van der Waals surface area (Å²) in [5.41, 5.74) is 3.94. The Bertz CT molecular complexity index is 682. The van der Waals surface area contributed by atoms with Crippen LogP contribution >= 0.6 is 45.2 Å². The molecule has 3 atom stereocenters. The number of benzene rings is 1. The fourth-order valence-corrected chi connectivity index (χ4v) is 6.16. The molecule has 1 aromatic carbocycles. The summed E-state index contributed by atoms with van der Waals surface area (Å²) >= 11 is 4.55. The molecule has 136 valence electrons. The average molecular weight is 566 g/mol. The first-order chi connectivity index (χ1) is 11.8. The summed E-state index contributed by atoms with van der Waals surface area (Å²) in [6.45, 7) is 6.29. The van der Waals surface area contributed by atoms with Gasteiger partial charge in [-0.1, -0.05) is 19.8 Å². The van der Waals surface area contributed by atoms with Gasteiger partial charge in [0.2, 0.25) is 5.91 Å². The lowest BCUT2D eigenvalue weighted by atomic mass is 9.90. The van der Waals surface area contributed by atoms with Crippen molar-refractivity contribution in [3.63, 3.8) is 0 Å². The predicted octanol–water partition coefficient (Wildman–Crippen LogP) is 4.96. The van der Waals surface area contributed by atoms with Crippen molar-refractivity contribution in [1.82, 2.24) is 5.43 Å². The van der Waals surface area contributed by atoms with Crippen LogP contribution in [0.15, 0.2) is 17.2 Å². The number of ether oxygens (including phenoxy) is 1. The molecule has 0 bridgehead atoms. The van der Waals surface area contributed by atoms with Crippen LogP contribution in [0.5, 0.6) is 5.75 Å². The van der Waals surface area contributed by atoms with Crippen molar-refractivity contribution < 1.29 is 9.53 Å². The van der Waals surface area contributed by atoms with Gasteiger partial charge in [0.25, 0.3) is 0 Å². The third-order valence-electron chi connectivity index (χ3n) is 5.38. The first kappa shape index (κ1) is 19.4. The van der Waals surface area contributed by atoms with E-state index < -0.39 is 0 Å². The number of carbonyl (C=O) groups excluding carboxylic acids is 1. The van der Waals surface area contributed by atoms with Crippen LogP contribution in [0.3, 0.4) is 0 Å². The van der Waals surface area contributed by atoms with Gasteiger partial charge in [0.05, 0.1) is 19.5 Å². The lowest BCUT2D eigenvalue weighted by Crippen LogP contribution is -2.22. The van der Waals surface area contributed by atoms with E-state index in [1.807, 2.05) is 26.0 Å². The molecule has 0 aromatic heterocycles. The van der Waals surface area contributed by atoms with Crippen LogP contribution in [0.25, 0.3) is 0 Å². The molecule has 0 saturated heterocycles. The molecule has 1 amide bonds. The second-order valence-electron chi connectivity index (χ2n) is 7.55. The van der Waals surface area contributed by atoms with Crippen molar-refractivity contribution in [1.29, 1.82) is 0 Å². The molecule has 0 heterocycles. The van der Waals surface area contributed by atoms with Gasteiger partial charge in [0.15, 0.2) is 0 Å². The first-order valence-corrected chi connectivity index (χ1v) is 11.0. The Kier molecular flexibility index (Phi) is 5.97. The molecule has 2 fully saturated rings. The Hall–Kier alpha value is -0.380. The maximum atomic E-state index is 12.4. The molecule has 1 aromatic rings. The molecular weight excluding hydrogens is 542 g/mol. The molecule has 2 aliphatic carbocycles. The molecule has 25 heavy (non-hydrogen) atoms. The maximum absolute atomic E-state index is 12.4. The minimum atomic E-state index is 0.0785. The summed E-state index contributed by atoms with van der Waals surface area (Å²) in [4.78, 5) is 12.4. The van der Waals surface area contributed by atoms with Gasteiger partial charge in [0, 0.05) is 5.92 Å². The zero-order valence-corrected chi connectivity index (χ0v) is 19.1. The zero-order chi connectivity index (χ0) is 18.2. The van der Waals surface area contributed by atoms with Gasteiger partial charge < -0.3 is 4.74 Å². The van der Waals surface area contributed by atoms with Gasteiger partial charge in [-0.05, 0) is 101 Å². The highest BCUT2D eigenvalue weighted by Gasteiger charge is 2.64. The van der Waals surface area contributed by atoms with E-state index in [-0.39, 0.29) is 23.3 Å². The third-order valence-corrected chi connectivity index (χ3v) is 6.98. The van der Waals surface area contributed by atoms with Crippen LogP contribution < -0.4 is 10.2 Å². The van der Waals surface area contributed by atoms with Crippen molar-refractivity contribution in [3.8, 4) is 5.75 Å². The molecule has 2 saturated carbocycles. The number of nitrogens with zero attached hydrogens (tertiary/aromatic N) is 1. The van der Waals surface area contributed by atoms with E-state index in [1.165, 1.54) is 25.7 Å². The first-order valence-electron chi connectivity index (χ1n) is 8.81. The second kappa shape index (κ2) is 7.70. The van der Waals surface area contributed by atoms with Gasteiger partial charge in [-0.15, -0.1) is 0 Å². The standard InChI is InChI=1S/C19H24I2N2O2/c1-11(2)25-17-14(20)8-12(9-15(17)21)10-22-23-18(24)16-13-6-4-5-7-19(13,16)3/h8-11,13,16H,4-7H2,1-3H3,(H,23,24)/b22-10-/t13-,16+,19+/m1/s1. The number of carbonyl (C=O) groups is 1. The van der Waals surface area contributed by atoms with E-state index in [4.69, 9.17) is 4.74 Å². The van der Waals surface area contributed by atoms with Crippen molar-refractivity contribution in [2.45, 2.75) is 52.6 Å². The summed E-state index contributed by atoms with van der Waals surface area (Å²) in [6, 6.07) is 4.04. The van der Waals surface area contributed by atoms with E-state index in [0.717, 1.165) is 18.5 Å². The lowest BCUT2D eigenvalue weighted by molar-refractivity contribution is -0.123. The fourth-order valence-electron chi connectivity index (χ4n) is 4.09. The number of halogens is 2. The lowest BCUT2D eigenvalue weighted by Gasteiger charge is -2.15. The minimum Gasteiger partial charge on any atom is -0.489 e. The Balaban J connectivity index is 1.62. The normalized spacial score (nSPS) is 28.1. The van der Waals surface area contributed by atoms with E-state index in [0.29, 0.717) is 5.92 Å². The number of hydrogen-bond donors (Lipinski definition) is 1. The number of hydrogen-bond acceptors (Lipinski definition) is 3. The van der Waals surface area contributed by atoms with Crippen LogP contribution in [-0.4, -0.2) is 18.2 Å². The Labute approximate surface area is 176 Å². The number of amides is 1. The van der Waals surface area contributed by atoms with Crippen LogP contribution in [-0.2, 0) is 4.79 Å². The van der Waals surface area contributed by atoms with Gasteiger partial charge in [0.1, 0.15) is 5.75 Å². The SMILES string of the molecule is CC(C)Oc1c(I)cc(/C=N\NC(=O)[C@@H]2[C@H]3CCCC[C@@]32C)cc1I.